The van der Waals surface area contributed by atoms with Gasteiger partial charge in [0, 0.05) is 4.47 Å². The fourth-order valence-corrected chi connectivity index (χ4v) is 5.01. The first-order valence-corrected chi connectivity index (χ1v) is 12.9. The first-order chi connectivity index (χ1) is 17.2. The summed E-state index contributed by atoms with van der Waals surface area (Å²) in [5, 5.41) is 2.56. The summed E-state index contributed by atoms with van der Waals surface area (Å²) in [6, 6.07) is 18.6. The van der Waals surface area contributed by atoms with Gasteiger partial charge in [-0.25, -0.2) is 0 Å². The molecule has 0 radical (unpaired) electrons. The summed E-state index contributed by atoms with van der Waals surface area (Å²) in [6.07, 6.45) is 1.69. The molecule has 4 rings (SSSR count). The zero-order valence-electron chi connectivity index (χ0n) is 20.1. The Morgan fingerprint density at radius 1 is 1.00 bits per heavy atom. The van der Waals surface area contributed by atoms with Crippen molar-refractivity contribution < 1.29 is 19.1 Å². The third kappa shape index (κ3) is 6.06. The molecule has 184 valence electrons. The summed E-state index contributed by atoms with van der Waals surface area (Å²) in [5.74, 6) is -0.0535. The molecule has 1 N–H and O–H groups in total. The van der Waals surface area contributed by atoms with Gasteiger partial charge in [-0.1, -0.05) is 36.4 Å². The summed E-state index contributed by atoms with van der Waals surface area (Å²) in [6.45, 7) is 6.06. The number of imide groups is 1. The van der Waals surface area contributed by atoms with Crippen molar-refractivity contribution in [2.45, 2.75) is 27.3 Å². The van der Waals surface area contributed by atoms with E-state index in [9.17, 15) is 14.4 Å². The molecule has 0 spiro atoms. The molecule has 0 atom stereocenters. The molecule has 3 aromatic rings. The third-order valence-electron chi connectivity index (χ3n) is 5.87. The van der Waals surface area contributed by atoms with Crippen LogP contribution in [-0.4, -0.2) is 28.6 Å². The Morgan fingerprint density at radius 2 is 1.69 bits per heavy atom. The number of ether oxygens (including phenoxy) is 1. The van der Waals surface area contributed by atoms with Crippen LogP contribution in [-0.2, 0) is 16.1 Å². The van der Waals surface area contributed by atoms with Crippen LogP contribution in [0.3, 0.4) is 0 Å². The minimum atomic E-state index is -0.303. The van der Waals surface area contributed by atoms with Gasteiger partial charge in [-0.15, -0.1) is 0 Å². The predicted octanol–water partition coefficient (Wildman–Crippen LogP) is 6.63. The van der Waals surface area contributed by atoms with Crippen molar-refractivity contribution in [2.24, 2.45) is 0 Å². The monoisotopic (exact) mass is 564 g/mol. The highest BCUT2D eigenvalue weighted by Gasteiger charge is 2.35. The zero-order chi connectivity index (χ0) is 25.8. The fourth-order valence-electron chi connectivity index (χ4n) is 3.62. The Hall–Kier alpha value is -3.36. The summed E-state index contributed by atoms with van der Waals surface area (Å²) in [4.78, 5) is 39.3. The van der Waals surface area contributed by atoms with Gasteiger partial charge in [0.05, 0.1) is 17.1 Å². The van der Waals surface area contributed by atoms with E-state index in [1.807, 2.05) is 57.2 Å². The van der Waals surface area contributed by atoms with Crippen LogP contribution in [0, 0.1) is 20.8 Å². The lowest BCUT2D eigenvalue weighted by molar-refractivity contribution is -0.123. The average Bonchev–Trinajstić information content (AvgIpc) is 3.10. The molecule has 6 nitrogen and oxygen atoms in total. The van der Waals surface area contributed by atoms with E-state index in [2.05, 4.69) is 21.2 Å². The van der Waals surface area contributed by atoms with E-state index in [4.69, 9.17) is 4.74 Å². The molecule has 3 amide bonds. The topological polar surface area (TPSA) is 75.7 Å². The maximum absolute atomic E-state index is 12.8. The van der Waals surface area contributed by atoms with E-state index >= 15 is 0 Å². The second-order valence-electron chi connectivity index (χ2n) is 8.52. The maximum atomic E-state index is 12.8. The zero-order valence-corrected chi connectivity index (χ0v) is 22.5. The molecule has 3 aromatic carbocycles. The van der Waals surface area contributed by atoms with E-state index in [1.54, 1.807) is 30.3 Å². The van der Waals surface area contributed by atoms with Gasteiger partial charge in [-0.3, -0.25) is 19.3 Å². The van der Waals surface area contributed by atoms with Crippen molar-refractivity contribution in [3.8, 4) is 5.75 Å². The molecule has 1 saturated heterocycles. The van der Waals surface area contributed by atoms with Gasteiger partial charge in [-0.05, 0) is 107 Å². The third-order valence-corrected chi connectivity index (χ3v) is 7.43. The fraction of sp³-hybridized carbons (Fsp3) is 0.179. The lowest BCUT2D eigenvalue weighted by atomic mass is 10.1. The summed E-state index contributed by atoms with van der Waals surface area (Å²) in [5.41, 5.74) is 5.64. The van der Waals surface area contributed by atoms with Crippen molar-refractivity contribution in [1.29, 1.82) is 0 Å². The van der Waals surface area contributed by atoms with E-state index < -0.39 is 0 Å². The normalized spacial score (nSPS) is 14.4. The maximum Gasteiger partial charge on any atom is 0.293 e. The number of nitrogens with one attached hydrogen (secondary N) is 1. The Balaban J connectivity index is 1.35. The number of halogens is 1. The molecule has 0 bridgehead atoms. The summed E-state index contributed by atoms with van der Waals surface area (Å²) in [7, 11) is 0. The largest absolute Gasteiger partial charge is 0.484 e. The van der Waals surface area contributed by atoms with Crippen LogP contribution >= 0.6 is 27.7 Å². The molecule has 1 aliphatic rings. The van der Waals surface area contributed by atoms with Crippen LogP contribution < -0.4 is 10.1 Å². The molecule has 1 aliphatic heterocycles. The van der Waals surface area contributed by atoms with Crippen LogP contribution in [0.25, 0.3) is 6.08 Å². The quantitative estimate of drug-likeness (QED) is 0.326. The van der Waals surface area contributed by atoms with Crippen LogP contribution in [0.4, 0.5) is 10.5 Å². The number of amides is 3. The highest BCUT2D eigenvalue weighted by molar-refractivity contribution is 9.10. The van der Waals surface area contributed by atoms with Crippen molar-refractivity contribution in [3.05, 3.63) is 97.9 Å². The van der Waals surface area contributed by atoms with Gasteiger partial charge < -0.3 is 10.1 Å². The van der Waals surface area contributed by atoms with Crippen molar-refractivity contribution in [2.75, 3.05) is 11.9 Å². The summed E-state index contributed by atoms with van der Waals surface area (Å²) >= 11 is 4.40. The molecule has 1 heterocycles. The van der Waals surface area contributed by atoms with Crippen molar-refractivity contribution in [3.63, 3.8) is 0 Å². The molecule has 1 fully saturated rings. The first-order valence-electron chi connectivity index (χ1n) is 11.3. The standard InChI is InChI=1S/C28H25BrN2O4S/c1-17-6-4-5-7-21(17)15-31-27(33)25(36-28(31)34)14-20-8-10-22(11-9-20)35-16-26(32)30-24-13-19(3)18(2)12-23(24)29/h4-14H,15-16H2,1-3H3,(H,30,32)/b25-14-. The number of anilines is 1. The number of thioether (sulfide) groups is 1. The van der Waals surface area contributed by atoms with Gasteiger partial charge in [-0.2, -0.15) is 0 Å². The number of benzene rings is 3. The molecular formula is C28H25BrN2O4S. The van der Waals surface area contributed by atoms with Crippen LogP contribution in [0.5, 0.6) is 5.75 Å². The van der Waals surface area contributed by atoms with Gasteiger partial charge >= 0.3 is 0 Å². The molecule has 0 unspecified atom stereocenters. The Kier molecular flexibility index (Phi) is 7.96. The molecule has 0 saturated carbocycles. The Morgan fingerprint density at radius 3 is 2.42 bits per heavy atom. The highest BCUT2D eigenvalue weighted by Crippen LogP contribution is 2.34. The van der Waals surface area contributed by atoms with E-state index in [1.165, 1.54) is 4.90 Å². The number of hydrogen-bond acceptors (Lipinski definition) is 5. The van der Waals surface area contributed by atoms with Crippen LogP contribution in [0.1, 0.15) is 27.8 Å². The highest BCUT2D eigenvalue weighted by atomic mass is 79.9. The smallest absolute Gasteiger partial charge is 0.293 e. The lowest BCUT2D eigenvalue weighted by Crippen LogP contribution is -2.27. The molecule has 8 heteroatoms. The van der Waals surface area contributed by atoms with Crippen LogP contribution in [0.15, 0.2) is 70.0 Å². The first kappa shape index (κ1) is 25.7. The van der Waals surface area contributed by atoms with Crippen molar-refractivity contribution >= 4 is 56.5 Å². The Bertz CT molecular complexity index is 1370. The number of rotatable bonds is 7. The lowest BCUT2D eigenvalue weighted by Gasteiger charge is -2.14. The number of nitrogens with zero attached hydrogens (tertiary/aromatic N) is 1. The number of aryl methyl sites for hydroxylation is 3. The number of carbonyl (C=O) groups is 3. The second-order valence-corrected chi connectivity index (χ2v) is 10.4. The van der Waals surface area contributed by atoms with E-state index in [0.717, 1.165) is 44.1 Å². The van der Waals surface area contributed by atoms with Gasteiger partial charge in [0.15, 0.2) is 6.61 Å². The summed E-state index contributed by atoms with van der Waals surface area (Å²) < 4.78 is 6.42. The van der Waals surface area contributed by atoms with E-state index in [-0.39, 0.29) is 30.2 Å². The molecule has 0 aliphatic carbocycles. The second kappa shape index (κ2) is 11.1. The number of hydrogen-bond donors (Lipinski definition) is 1. The van der Waals surface area contributed by atoms with Gasteiger partial charge in [0.25, 0.3) is 17.1 Å². The van der Waals surface area contributed by atoms with E-state index in [0.29, 0.717) is 16.3 Å². The minimum Gasteiger partial charge on any atom is -0.484 e. The molecular weight excluding hydrogens is 540 g/mol. The van der Waals surface area contributed by atoms with Crippen molar-refractivity contribution in [1.82, 2.24) is 4.90 Å². The SMILES string of the molecule is Cc1cc(Br)c(NC(=O)COc2ccc(/C=C3\SC(=O)N(Cc4ccccc4C)C3=O)cc2)cc1C. The molecule has 0 aromatic heterocycles. The minimum absolute atomic E-state index is 0.142. The number of carbonyl (C=O) groups excluding carboxylic acids is 3. The predicted molar refractivity (Wildman–Crippen MR) is 147 cm³/mol. The Labute approximate surface area is 222 Å². The molecule has 36 heavy (non-hydrogen) atoms. The average molecular weight is 565 g/mol. The van der Waals surface area contributed by atoms with Gasteiger partial charge in [0.1, 0.15) is 5.75 Å². The van der Waals surface area contributed by atoms with Gasteiger partial charge in [0.2, 0.25) is 0 Å². The van der Waals surface area contributed by atoms with Crippen LogP contribution in [0.2, 0.25) is 0 Å².